The first-order chi connectivity index (χ1) is 14.4. The van der Waals surface area contributed by atoms with Gasteiger partial charge < -0.3 is 20.0 Å². The van der Waals surface area contributed by atoms with E-state index in [9.17, 15) is 14.0 Å². The van der Waals surface area contributed by atoms with Gasteiger partial charge in [-0.25, -0.2) is 4.39 Å². The van der Waals surface area contributed by atoms with Crippen molar-refractivity contribution >= 4 is 28.9 Å². The van der Waals surface area contributed by atoms with E-state index < -0.39 is 5.92 Å². The van der Waals surface area contributed by atoms with Crippen LogP contribution >= 0.6 is 0 Å². The smallest absolute Gasteiger partial charge is 0.229 e. The van der Waals surface area contributed by atoms with E-state index in [4.69, 9.17) is 0 Å². The van der Waals surface area contributed by atoms with Crippen LogP contribution in [0, 0.1) is 18.7 Å². The first-order valence-corrected chi connectivity index (χ1v) is 10.3. The molecule has 2 aromatic rings. The van der Waals surface area contributed by atoms with E-state index in [-0.39, 0.29) is 30.6 Å². The standard InChI is InChI=1S/C23H27FN4O2/c1-16-7-8-18(14-19(16)24)28-15-17(13-22(28)29)23(30)25-20-5-3-4-6-21(20)27-11-9-26(2)10-12-27/h3-8,14,17H,9-13,15H2,1-2H3,(H,25,30). The third-order valence-electron chi connectivity index (χ3n) is 5.97. The second-order valence-electron chi connectivity index (χ2n) is 8.14. The lowest BCUT2D eigenvalue weighted by Crippen LogP contribution is -2.44. The number of hydrogen-bond acceptors (Lipinski definition) is 4. The molecule has 0 spiro atoms. The molecule has 30 heavy (non-hydrogen) atoms. The SMILES string of the molecule is Cc1ccc(N2CC(C(=O)Nc3ccccc3N3CCN(C)CC3)CC2=O)cc1F. The van der Waals surface area contributed by atoms with Gasteiger partial charge in [0.25, 0.3) is 0 Å². The molecule has 0 radical (unpaired) electrons. The van der Waals surface area contributed by atoms with Crippen LogP contribution < -0.4 is 15.1 Å². The molecular formula is C23H27FN4O2. The summed E-state index contributed by atoms with van der Waals surface area (Å²) in [5.41, 5.74) is 2.79. The molecule has 158 valence electrons. The predicted octanol–water partition coefficient (Wildman–Crippen LogP) is 2.88. The van der Waals surface area contributed by atoms with Crippen LogP contribution in [-0.4, -0.2) is 56.5 Å². The van der Waals surface area contributed by atoms with Gasteiger partial charge in [0, 0.05) is 44.8 Å². The zero-order chi connectivity index (χ0) is 21.3. The van der Waals surface area contributed by atoms with Gasteiger partial charge in [0.2, 0.25) is 11.8 Å². The molecule has 2 aliphatic rings. The van der Waals surface area contributed by atoms with Crippen molar-refractivity contribution in [1.82, 2.24) is 4.90 Å². The number of nitrogens with zero attached hydrogens (tertiary/aromatic N) is 3. The molecule has 1 unspecified atom stereocenters. The highest BCUT2D eigenvalue weighted by atomic mass is 19.1. The van der Waals surface area contributed by atoms with E-state index in [2.05, 4.69) is 22.2 Å². The number of carbonyl (C=O) groups is 2. The fourth-order valence-corrected chi connectivity index (χ4v) is 4.02. The number of nitrogens with one attached hydrogen (secondary N) is 1. The molecule has 6 nitrogen and oxygen atoms in total. The molecule has 4 rings (SSSR count). The molecular weight excluding hydrogens is 383 g/mol. The lowest BCUT2D eigenvalue weighted by Gasteiger charge is -2.35. The van der Waals surface area contributed by atoms with Crippen LogP contribution in [0.4, 0.5) is 21.5 Å². The molecule has 2 aromatic carbocycles. The third-order valence-corrected chi connectivity index (χ3v) is 5.97. The zero-order valence-corrected chi connectivity index (χ0v) is 17.4. The van der Waals surface area contributed by atoms with E-state index in [1.165, 1.54) is 11.0 Å². The normalized spacial score (nSPS) is 20.0. The second kappa shape index (κ2) is 8.44. The summed E-state index contributed by atoms with van der Waals surface area (Å²) in [6.07, 6.45) is 0.123. The third kappa shape index (κ3) is 4.16. The topological polar surface area (TPSA) is 55.9 Å². The van der Waals surface area contributed by atoms with Gasteiger partial charge >= 0.3 is 0 Å². The molecule has 2 heterocycles. The van der Waals surface area contributed by atoms with Crippen molar-refractivity contribution in [2.75, 3.05) is 54.9 Å². The molecule has 2 amide bonds. The molecule has 1 N–H and O–H groups in total. The first-order valence-electron chi connectivity index (χ1n) is 10.3. The van der Waals surface area contributed by atoms with Crippen LogP contribution in [0.2, 0.25) is 0 Å². The van der Waals surface area contributed by atoms with E-state index >= 15 is 0 Å². The first kappa shape index (κ1) is 20.3. The summed E-state index contributed by atoms with van der Waals surface area (Å²) < 4.78 is 13.9. The van der Waals surface area contributed by atoms with E-state index in [0.717, 1.165) is 37.6 Å². The van der Waals surface area contributed by atoms with E-state index in [0.29, 0.717) is 11.3 Å². The summed E-state index contributed by atoms with van der Waals surface area (Å²) in [5.74, 6) is -1.16. The summed E-state index contributed by atoms with van der Waals surface area (Å²) in [7, 11) is 2.10. The molecule has 2 saturated heterocycles. The number of hydrogen-bond donors (Lipinski definition) is 1. The van der Waals surface area contributed by atoms with Crippen LogP contribution in [-0.2, 0) is 9.59 Å². The van der Waals surface area contributed by atoms with Crippen molar-refractivity contribution in [3.05, 3.63) is 53.8 Å². The lowest BCUT2D eigenvalue weighted by molar-refractivity contribution is -0.122. The molecule has 0 saturated carbocycles. The van der Waals surface area contributed by atoms with Gasteiger partial charge in [0.05, 0.1) is 17.3 Å². The van der Waals surface area contributed by atoms with Crippen molar-refractivity contribution in [3.8, 4) is 0 Å². The van der Waals surface area contributed by atoms with Gasteiger partial charge in [0.1, 0.15) is 5.82 Å². The number of rotatable bonds is 4. The largest absolute Gasteiger partial charge is 0.367 e. The quantitative estimate of drug-likeness (QED) is 0.842. The molecule has 0 aliphatic carbocycles. The van der Waals surface area contributed by atoms with Crippen molar-refractivity contribution in [1.29, 1.82) is 0 Å². The molecule has 7 heteroatoms. The highest BCUT2D eigenvalue weighted by Crippen LogP contribution is 2.30. The second-order valence-corrected chi connectivity index (χ2v) is 8.14. The summed E-state index contributed by atoms with van der Waals surface area (Å²) in [6.45, 7) is 5.68. The summed E-state index contributed by atoms with van der Waals surface area (Å²) in [6, 6.07) is 12.5. The Balaban J connectivity index is 1.46. The maximum absolute atomic E-state index is 13.9. The molecule has 1 atom stereocenters. The van der Waals surface area contributed by atoms with Gasteiger partial charge in [-0.1, -0.05) is 18.2 Å². The number of anilines is 3. The maximum Gasteiger partial charge on any atom is 0.229 e. The number of halogens is 1. The highest BCUT2D eigenvalue weighted by molar-refractivity contribution is 6.04. The number of carbonyl (C=O) groups excluding carboxylic acids is 2. The summed E-state index contributed by atoms with van der Waals surface area (Å²) in [4.78, 5) is 31.5. The van der Waals surface area contributed by atoms with Crippen LogP contribution in [0.15, 0.2) is 42.5 Å². The van der Waals surface area contributed by atoms with Gasteiger partial charge in [-0.15, -0.1) is 0 Å². The van der Waals surface area contributed by atoms with Gasteiger partial charge in [-0.3, -0.25) is 9.59 Å². The van der Waals surface area contributed by atoms with Crippen molar-refractivity contribution in [2.24, 2.45) is 5.92 Å². The van der Waals surface area contributed by atoms with Crippen LogP contribution in [0.25, 0.3) is 0 Å². The minimum atomic E-state index is -0.470. The Morgan fingerprint density at radius 3 is 2.57 bits per heavy atom. The van der Waals surface area contributed by atoms with Crippen LogP contribution in [0.1, 0.15) is 12.0 Å². The highest BCUT2D eigenvalue weighted by Gasteiger charge is 2.35. The number of amides is 2. The van der Waals surface area contributed by atoms with Crippen molar-refractivity contribution in [2.45, 2.75) is 13.3 Å². The fraction of sp³-hybridized carbons (Fsp3) is 0.391. The van der Waals surface area contributed by atoms with E-state index in [1.807, 2.05) is 24.3 Å². The van der Waals surface area contributed by atoms with Crippen molar-refractivity contribution in [3.63, 3.8) is 0 Å². The Morgan fingerprint density at radius 2 is 1.83 bits per heavy atom. The zero-order valence-electron chi connectivity index (χ0n) is 17.4. The number of piperazine rings is 1. The Labute approximate surface area is 176 Å². The fourth-order valence-electron chi connectivity index (χ4n) is 4.02. The summed E-state index contributed by atoms with van der Waals surface area (Å²) >= 11 is 0. The Hall–Kier alpha value is -2.93. The van der Waals surface area contributed by atoms with Gasteiger partial charge in [-0.2, -0.15) is 0 Å². The average Bonchev–Trinajstić information content (AvgIpc) is 3.13. The maximum atomic E-state index is 13.9. The molecule has 2 fully saturated rings. The Morgan fingerprint density at radius 1 is 1.10 bits per heavy atom. The average molecular weight is 410 g/mol. The number of aryl methyl sites for hydroxylation is 1. The number of para-hydroxylation sites is 2. The minimum absolute atomic E-state index is 0.123. The lowest BCUT2D eigenvalue weighted by atomic mass is 10.1. The summed E-state index contributed by atoms with van der Waals surface area (Å²) in [5, 5.41) is 3.03. The Kier molecular flexibility index (Phi) is 5.72. The van der Waals surface area contributed by atoms with Gasteiger partial charge in [0.15, 0.2) is 0 Å². The van der Waals surface area contributed by atoms with Crippen LogP contribution in [0.3, 0.4) is 0 Å². The monoisotopic (exact) mass is 410 g/mol. The van der Waals surface area contributed by atoms with Gasteiger partial charge in [-0.05, 0) is 43.8 Å². The predicted molar refractivity (Wildman–Crippen MR) is 116 cm³/mol. The Bertz CT molecular complexity index is 956. The number of benzene rings is 2. The van der Waals surface area contributed by atoms with Crippen molar-refractivity contribution < 1.29 is 14.0 Å². The molecule has 2 aliphatic heterocycles. The number of likely N-dealkylation sites (N-methyl/N-ethyl adjacent to an activating group) is 1. The van der Waals surface area contributed by atoms with E-state index in [1.54, 1.807) is 19.1 Å². The molecule has 0 bridgehead atoms. The molecule has 0 aromatic heterocycles. The minimum Gasteiger partial charge on any atom is -0.367 e. The van der Waals surface area contributed by atoms with Crippen LogP contribution in [0.5, 0.6) is 0 Å².